The summed E-state index contributed by atoms with van der Waals surface area (Å²) in [7, 11) is 0. The lowest BCUT2D eigenvalue weighted by Gasteiger charge is -2.12. The van der Waals surface area contributed by atoms with Crippen LogP contribution in [0, 0.1) is 5.82 Å². The molecule has 0 saturated heterocycles. The number of hydrogen-bond acceptors (Lipinski definition) is 2. The highest BCUT2D eigenvalue weighted by Crippen LogP contribution is 2.31. The first-order chi connectivity index (χ1) is 14.1. The van der Waals surface area contributed by atoms with Crippen molar-refractivity contribution in [3.05, 3.63) is 95.8 Å². The molecule has 4 rings (SSSR count). The second-order valence-electron chi connectivity index (χ2n) is 6.33. The van der Waals surface area contributed by atoms with Gasteiger partial charge in [-0.25, -0.2) is 9.18 Å². The Labute approximate surface area is 171 Å². The Morgan fingerprint density at radius 3 is 2.38 bits per heavy atom. The Balaban J connectivity index is 1.57. The molecule has 0 bridgehead atoms. The fourth-order valence-corrected chi connectivity index (χ4v) is 3.09. The predicted molar refractivity (Wildman–Crippen MR) is 115 cm³/mol. The van der Waals surface area contributed by atoms with Crippen molar-refractivity contribution < 1.29 is 13.9 Å². The molecule has 0 saturated carbocycles. The molecule has 2 N–H and O–H groups in total. The number of urea groups is 1. The van der Waals surface area contributed by atoms with Crippen LogP contribution in [0.5, 0.6) is 11.5 Å². The van der Waals surface area contributed by atoms with Gasteiger partial charge in [-0.05, 0) is 66.0 Å². The monoisotopic (exact) mass is 406 g/mol. The highest BCUT2D eigenvalue weighted by atomic mass is 35.5. The molecule has 0 aliphatic heterocycles. The van der Waals surface area contributed by atoms with E-state index in [0.29, 0.717) is 27.9 Å². The molecular weight excluding hydrogens is 391 g/mol. The Hall–Kier alpha value is -3.57. The van der Waals surface area contributed by atoms with Gasteiger partial charge in [0.1, 0.15) is 17.3 Å². The van der Waals surface area contributed by atoms with E-state index < -0.39 is 6.03 Å². The summed E-state index contributed by atoms with van der Waals surface area (Å²) in [5.74, 6) is 0.876. The first-order valence-electron chi connectivity index (χ1n) is 8.87. The van der Waals surface area contributed by atoms with E-state index in [2.05, 4.69) is 10.6 Å². The minimum atomic E-state index is -0.426. The van der Waals surface area contributed by atoms with E-state index in [4.69, 9.17) is 16.3 Å². The van der Waals surface area contributed by atoms with Crippen LogP contribution in [0.25, 0.3) is 10.8 Å². The molecule has 0 aliphatic carbocycles. The number of benzene rings is 4. The molecule has 6 heteroatoms. The molecule has 0 aliphatic rings. The molecular formula is C23H16ClFN2O2. The van der Waals surface area contributed by atoms with Gasteiger partial charge in [0.05, 0.1) is 5.69 Å². The number of hydrogen-bond donors (Lipinski definition) is 2. The maximum absolute atomic E-state index is 13.0. The molecule has 4 aromatic carbocycles. The number of fused-ring (bicyclic) bond motifs is 1. The average Bonchev–Trinajstić information content (AvgIpc) is 2.70. The van der Waals surface area contributed by atoms with Crippen LogP contribution < -0.4 is 15.4 Å². The zero-order valence-electron chi connectivity index (χ0n) is 15.2. The van der Waals surface area contributed by atoms with Crippen molar-refractivity contribution in [2.45, 2.75) is 0 Å². The lowest BCUT2D eigenvalue weighted by Crippen LogP contribution is -2.19. The molecule has 0 fully saturated rings. The second kappa shape index (κ2) is 8.20. The third kappa shape index (κ3) is 4.65. The van der Waals surface area contributed by atoms with Gasteiger partial charge < -0.3 is 15.4 Å². The largest absolute Gasteiger partial charge is 0.457 e. The molecule has 144 valence electrons. The molecule has 0 heterocycles. The van der Waals surface area contributed by atoms with E-state index in [9.17, 15) is 9.18 Å². The topological polar surface area (TPSA) is 50.4 Å². The first kappa shape index (κ1) is 18.8. The number of carbonyl (C=O) groups is 1. The zero-order valence-corrected chi connectivity index (χ0v) is 15.9. The van der Waals surface area contributed by atoms with Crippen molar-refractivity contribution in [2.24, 2.45) is 0 Å². The summed E-state index contributed by atoms with van der Waals surface area (Å²) in [5.41, 5.74) is 1.12. The quantitative estimate of drug-likeness (QED) is 0.381. The van der Waals surface area contributed by atoms with E-state index >= 15 is 0 Å². The molecule has 0 spiro atoms. The van der Waals surface area contributed by atoms with Gasteiger partial charge in [-0.15, -0.1) is 0 Å². The van der Waals surface area contributed by atoms with E-state index in [0.717, 1.165) is 10.8 Å². The maximum Gasteiger partial charge on any atom is 0.323 e. The van der Waals surface area contributed by atoms with Crippen LogP contribution >= 0.6 is 11.6 Å². The summed E-state index contributed by atoms with van der Waals surface area (Å²) < 4.78 is 18.9. The van der Waals surface area contributed by atoms with Gasteiger partial charge in [-0.3, -0.25) is 0 Å². The van der Waals surface area contributed by atoms with Crippen molar-refractivity contribution in [2.75, 3.05) is 10.6 Å². The van der Waals surface area contributed by atoms with E-state index in [1.807, 2.05) is 42.5 Å². The molecule has 0 radical (unpaired) electrons. The van der Waals surface area contributed by atoms with E-state index in [-0.39, 0.29) is 5.82 Å². The minimum absolute atomic E-state index is 0.364. The van der Waals surface area contributed by atoms with Crippen LogP contribution in [0.3, 0.4) is 0 Å². The highest BCUT2D eigenvalue weighted by Gasteiger charge is 2.08. The average molecular weight is 407 g/mol. The smallest absolute Gasteiger partial charge is 0.323 e. The van der Waals surface area contributed by atoms with Crippen LogP contribution in [0.4, 0.5) is 20.6 Å². The molecule has 0 aromatic heterocycles. The van der Waals surface area contributed by atoms with Crippen molar-refractivity contribution in [1.29, 1.82) is 0 Å². The van der Waals surface area contributed by atoms with Crippen molar-refractivity contribution in [3.8, 4) is 11.5 Å². The molecule has 4 aromatic rings. The Bertz CT molecular complexity index is 1180. The number of rotatable bonds is 4. The predicted octanol–water partition coefficient (Wildman–Crippen LogP) is 7.07. The third-order valence-corrected chi connectivity index (χ3v) is 4.47. The summed E-state index contributed by atoms with van der Waals surface area (Å²) in [6.07, 6.45) is 0. The van der Waals surface area contributed by atoms with Crippen LogP contribution in [0.15, 0.2) is 84.9 Å². The number of ether oxygens (including phenoxy) is 1. The molecule has 2 amide bonds. The molecule has 4 nitrogen and oxygen atoms in total. The number of amides is 2. The minimum Gasteiger partial charge on any atom is -0.457 e. The summed E-state index contributed by atoms with van der Waals surface area (Å²) in [6, 6.07) is 23.5. The van der Waals surface area contributed by atoms with E-state index in [1.165, 1.54) is 24.3 Å². The van der Waals surface area contributed by atoms with Gasteiger partial charge in [0.25, 0.3) is 0 Å². The van der Waals surface area contributed by atoms with Gasteiger partial charge in [0.15, 0.2) is 0 Å². The SMILES string of the molecule is O=C(Nc1ccc(F)cc1)Nc1cccc2ccc(Oc3cccc(Cl)c3)cc12. The fraction of sp³-hybridized carbons (Fsp3) is 0. The van der Waals surface area contributed by atoms with Crippen LogP contribution in [-0.2, 0) is 0 Å². The van der Waals surface area contributed by atoms with Crippen molar-refractivity contribution in [3.63, 3.8) is 0 Å². The number of nitrogens with one attached hydrogen (secondary N) is 2. The molecule has 0 atom stereocenters. The van der Waals surface area contributed by atoms with Gasteiger partial charge in [-0.1, -0.05) is 35.9 Å². The number of halogens is 2. The fourth-order valence-electron chi connectivity index (χ4n) is 2.91. The van der Waals surface area contributed by atoms with Gasteiger partial charge in [0.2, 0.25) is 0 Å². The Kier molecular flexibility index (Phi) is 5.31. The summed E-state index contributed by atoms with van der Waals surface area (Å²) >= 11 is 6.01. The second-order valence-corrected chi connectivity index (χ2v) is 6.77. The third-order valence-electron chi connectivity index (χ3n) is 4.24. The van der Waals surface area contributed by atoms with Crippen LogP contribution in [0.2, 0.25) is 5.02 Å². The zero-order chi connectivity index (χ0) is 20.2. The Morgan fingerprint density at radius 1 is 0.828 bits per heavy atom. The lowest BCUT2D eigenvalue weighted by atomic mass is 10.1. The van der Waals surface area contributed by atoms with Gasteiger partial charge in [-0.2, -0.15) is 0 Å². The van der Waals surface area contributed by atoms with Crippen molar-refractivity contribution >= 4 is 39.8 Å². The van der Waals surface area contributed by atoms with Gasteiger partial charge in [0, 0.05) is 16.1 Å². The normalized spacial score (nSPS) is 10.6. The lowest BCUT2D eigenvalue weighted by molar-refractivity contribution is 0.262. The summed E-state index contributed by atoms with van der Waals surface area (Å²) in [5, 5.41) is 7.86. The van der Waals surface area contributed by atoms with E-state index in [1.54, 1.807) is 18.2 Å². The van der Waals surface area contributed by atoms with Crippen LogP contribution in [0.1, 0.15) is 0 Å². The molecule has 29 heavy (non-hydrogen) atoms. The number of carbonyl (C=O) groups excluding carboxylic acids is 1. The number of anilines is 2. The van der Waals surface area contributed by atoms with Crippen LogP contribution in [-0.4, -0.2) is 6.03 Å². The summed E-state index contributed by atoms with van der Waals surface area (Å²) in [6.45, 7) is 0. The Morgan fingerprint density at radius 2 is 1.59 bits per heavy atom. The highest BCUT2D eigenvalue weighted by molar-refractivity contribution is 6.30. The van der Waals surface area contributed by atoms with Crippen molar-refractivity contribution in [1.82, 2.24) is 0 Å². The first-order valence-corrected chi connectivity index (χ1v) is 9.24. The van der Waals surface area contributed by atoms with Gasteiger partial charge >= 0.3 is 6.03 Å². The summed E-state index contributed by atoms with van der Waals surface area (Å²) in [4.78, 5) is 12.4. The molecule has 0 unspecified atom stereocenters. The maximum atomic E-state index is 13.0. The standard InChI is InChI=1S/C23H16ClFN2O2/c24-16-4-2-5-19(13-16)29-20-12-7-15-3-1-6-22(21(15)14-20)27-23(28)26-18-10-8-17(25)9-11-18/h1-14H,(H2,26,27,28).